The van der Waals surface area contributed by atoms with Gasteiger partial charge in [-0.2, -0.15) is 0 Å². The Labute approximate surface area is 98.6 Å². The van der Waals surface area contributed by atoms with Crippen molar-refractivity contribution in [3.8, 4) is 0 Å². The zero-order valence-corrected chi connectivity index (χ0v) is 10.8. The number of rotatable bonds is 0. The van der Waals surface area contributed by atoms with Crippen LogP contribution in [0.1, 0.15) is 52.9 Å². The van der Waals surface area contributed by atoms with Crippen LogP contribution < -0.4 is 0 Å². The zero-order chi connectivity index (χ0) is 11.3. The summed E-state index contributed by atoms with van der Waals surface area (Å²) < 4.78 is 0. The molecule has 5 aliphatic carbocycles. The van der Waals surface area contributed by atoms with E-state index in [4.69, 9.17) is 0 Å². The van der Waals surface area contributed by atoms with Crippen LogP contribution in [0.3, 0.4) is 0 Å². The van der Waals surface area contributed by atoms with Crippen molar-refractivity contribution in [2.45, 2.75) is 59.0 Å². The van der Waals surface area contributed by atoms with E-state index in [0.717, 1.165) is 24.2 Å². The summed E-state index contributed by atoms with van der Waals surface area (Å²) in [4.78, 5) is 0. The van der Waals surface area contributed by atoms with Crippen LogP contribution in [0.2, 0.25) is 0 Å². The fourth-order valence-corrected chi connectivity index (χ4v) is 6.35. The Morgan fingerprint density at radius 2 is 1.75 bits per heavy atom. The highest BCUT2D eigenvalue weighted by Crippen LogP contribution is 2.86. The van der Waals surface area contributed by atoms with Crippen molar-refractivity contribution in [1.29, 1.82) is 0 Å². The molecule has 1 heteroatoms. The van der Waals surface area contributed by atoms with Gasteiger partial charge in [-0.3, -0.25) is 0 Å². The zero-order valence-electron chi connectivity index (χ0n) is 10.8. The van der Waals surface area contributed by atoms with Crippen molar-refractivity contribution in [2.75, 3.05) is 0 Å². The summed E-state index contributed by atoms with van der Waals surface area (Å²) in [5, 5.41) is 10.6. The second kappa shape index (κ2) is 2.39. The number of hydrogen-bond donors (Lipinski definition) is 1. The Morgan fingerprint density at radius 3 is 2.38 bits per heavy atom. The Morgan fingerprint density at radius 1 is 1.06 bits per heavy atom. The van der Waals surface area contributed by atoms with E-state index in [9.17, 15) is 5.11 Å². The van der Waals surface area contributed by atoms with Gasteiger partial charge in [-0.1, -0.05) is 20.8 Å². The number of aliphatic hydroxyl groups excluding tert-OH is 1. The minimum atomic E-state index is -0.000671. The second-order valence-corrected chi connectivity index (χ2v) is 7.87. The van der Waals surface area contributed by atoms with Crippen LogP contribution in [0, 0.1) is 34.0 Å². The lowest BCUT2D eigenvalue weighted by atomic mass is 9.44. The van der Waals surface area contributed by atoms with Crippen LogP contribution >= 0.6 is 0 Å². The molecular weight excluding hydrogens is 196 g/mol. The molecule has 0 aromatic heterocycles. The van der Waals surface area contributed by atoms with Crippen LogP contribution in [-0.4, -0.2) is 11.2 Å². The highest BCUT2D eigenvalue weighted by Gasteiger charge is 2.80. The molecule has 0 saturated heterocycles. The molecule has 7 atom stereocenters. The summed E-state index contributed by atoms with van der Waals surface area (Å²) in [6, 6.07) is 0. The standard InChI is InChI=1S/C15H24O/c1-9-4-5-12(16)15-7-11-10(6-14(9,15)3)13(11,2)8-15/h9-12,16H,4-8H2,1-3H3/t9-,10?,11?,12?,13?,14+,15?/m1/s1. The fourth-order valence-electron chi connectivity index (χ4n) is 6.35. The van der Waals surface area contributed by atoms with E-state index in [1.54, 1.807) is 0 Å². The summed E-state index contributed by atoms with van der Waals surface area (Å²) in [6.45, 7) is 7.42. The summed E-state index contributed by atoms with van der Waals surface area (Å²) in [5.74, 6) is 2.80. The quantitative estimate of drug-likeness (QED) is 0.664. The van der Waals surface area contributed by atoms with Crippen molar-refractivity contribution >= 4 is 0 Å². The molecule has 16 heavy (non-hydrogen) atoms. The molecule has 5 aliphatic rings. The monoisotopic (exact) mass is 220 g/mol. The van der Waals surface area contributed by atoms with Crippen molar-refractivity contribution in [3.05, 3.63) is 0 Å². The summed E-state index contributed by atoms with van der Waals surface area (Å²) in [7, 11) is 0. The minimum absolute atomic E-state index is 0.000671. The van der Waals surface area contributed by atoms with Gasteiger partial charge in [0.2, 0.25) is 0 Å². The highest BCUT2D eigenvalue weighted by molar-refractivity contribution is 5.28. The first-order valence-electron chi connectivity index (χ1n) is 7.12. The predicted octanol–water partition coefficient (Wildman–Crippen LogP) is 3.22. The lowest BCUT2D eigenvalue weighted by Gasteiger charge is -2.61. The first kappa shape index (κ1) is 9.94. The lowest BCUT2D eigenvalue weighted by Crippen LogP contribution is -2.58. The van der Waals surface area contributed by atoms with E-state index in [2.05, 4.69) is 20.8 Å². The molecule has 1 spiro atoms. The van der Waals surface area contributed by atoms with Crippen LogP contribution in [0.15, 0.2) is 0 Å². The molecule has 0 aliphatic heterocycles. The summed E-state index contributed by atoms with van der Waals surface area (Å²) >= 11 is 0. The third kappa shape index (κ3) is 0.749. The number of aliphatic hydroxyl groups is 1. The van der Waals surface area contributed by atoms with Crippen LogP contribution in [0.5, 0.6) is 0 Å². The Bertz CT molecular complexity index is 364. The molecule has 90 valence electrons. The maximum atomic E-state index is 10.6. The third-order valence-corrected chi connectivity index (χ3v) is 7.73. The van der Waals surface area contributed by atoms with Gasteiger partial charge in [0.25, 0.3) is 0 Å². The highest BCUT2D eigenvalue weighted by atomic mass is 16.3. The van der Waals surface area contributed by atoms with E-state index < -0.39 is 0 Å². The molecule has 1 nitrogen and oxygen atoms in total. The van der Waals surface area contributed by atoms with Gasteiger partial charge >= 0.3 is 0 Å². The second-order valence-electron chi connectivity index (χ2n) is 7.87. The Hall–Kier alpha value is -0.0400. The van der Waals surface area contributed by atoms with Crippen molar-refractivity contribution in [2.24, 2.45) is 34.0 Å². The summed E-state index contributed by atoms with van der Waals surface area (Å²) in [6.07, 6.45) is 6.39. The molecule has 0 aromatic rings. The van der Waals surface area contributed by atoms with Crippen LogP contribution in [-0.2, 0) is 0 Å². The van der Waals surface area contributed by atoms with Crippen molar-refractivity contribution < 1.29 is 5.11 Å². The third-order valence-electron chi connectivity index (χ3n) is 7.73. The molecule has 5 saturated carbocycles. The van der Waals surface area contributed by atoms with Crippen LogP contribution in [0.25, 0.3) is 0 Å². The fraction of sp³-hybridized carbons (Fsp3) is 1.00. The van der Waals surface area contributed by atoms with Gasteiger partial charge in [0, 0.05) is 5.41 Å². The first-order valence-corrected chi connectivity index (χ1v) is 7.12. The van der Waals surface area contributed by atoms with E-state index in [1.165, 1.54) is 25.7 Å². The van der Waals surface area contributed by atoms with Gasteiger partial charge in [0.15, 0.2) is 0 Å². The molecule has 0 radical (unpaired) electrons. The van der Waals surface area contributed by atoms with Crippen molar-refractivity contribution in [3.63, 3.8) is 0 Å². The maximum absolute atomic E-state index is 10.6. The Balaban J connectivity index is 1.83. The van der Waals surface area contributed by atoms with Gasteiger partial charge in [0.1, 0.15) is 0 Å². The van der Waals surface area contributed by atoms with Gasteiger partial charge in [-0.25, -0.2) is 0 Å². The lowest BCUT2D eigenvalue weighted by molar-refractivity contribution is -0.172. The average molecular weight is 220 g/mol. The van der Waals surface area contributed by atoms with E-state index in [1.807, 2.05) is 0 Å². The van der Waals surface area contributed by atoms with E-state index in [-0.39, 0.29) is 6.10 Å². The average Bonchev–Trinajstić information content (AvgIpc) is 2.66. The molecule has 5 rings (SSSR count). The molecule has 0 amide bonds. The topological polar surface area (TPSA) is 20.2 Å². The van der Waals surface area contributed by atoms with Gasteiger partial charge in [-0.05, 0) is 60.7 Å². The first-order chi connectivity index (χ1) is 7.44. The normalized spacial score (nSPS) is 71.2. The molecule has 4 bridgehead atoms. The maximum Gasteiger partial charge on any atom is 0.0602 e. The largest absolute Gasteiger partial charge is 0.393 e. The molecule has 5 unspecified atom stereocenters. The number of hydrogen-bond acceptors (Lipinski definition) is 1. The molecule has 1 N–H and O–H groups in total. The SMILES string of the molecule is C[C@@H]1CCC(O)C23CC4C(C[C@@]12C)C4(C)C3. The van der Waals surface area contributed by atoms with E-state index in [0.29, 0.717) is 16.2 Å². The smallest absolute Gasteiger partial charge is 0.0602 e. The molecule has 5 fully saturated rings. The summed E-state index contributed by atoms with van der Waals surface area (Å²) in [5.41, 5.74) is 1.39. The predicted molar refractivity (Wildman–Crippen MR) is 63.9 cm³/mol. The van der Waals surface area contributed by atoms with E-state index >= 15 is 0 Å². The van der Waals surface area contributed by atoms with Gasteiger partial charge < -0.3 is 5.11 Å². The molecular formula is C15H24O. The van der Waals surface area contributed by atoms with Gasteiger partial charge in [-0.15, -0.1) is 0 Å². The van der Waals surface area contributed by atoms with Crippen molar-refractivity contribution in [1.82, 2.24) is 0 Å². The molecule has 0 aromatic carbocycles. The van der Waals surface area contributed by atoms with Gasteiger partial charge in [0.05, 0.1) is 6.10 Å². The molecule has 0 heterocycles. The van der Waals surface area contributed by atoms with Crippen LogP contribution in [0.4, 0.5) is 0 Å². The minimum Gasteiger partial charge on any atom is -0.393 e. The Kier molecular flexibility index (Phi) is 1.48.